The first-order valence-corrected chi connectivity index (χ1v) is 4.53. The molecule has 0 saturated heterocycles. The van der Waals surface area contributed by atoms with Crippen molar-refractivity contribution in [1.82, 2.24) is 0 Å². The first-order chi connectivity index (χ1) is 5.42. The third-order valence-corrected chi connectivity index (χ3v) is 2.83. The number of benzene rings is 1. The number of carbonyl (C=O) groups excluding carboxylic acids is 1. The van der Waals surface area contributed by atoms with E-state index in [1.54, 1.807) is 0 Å². The predicted octanol–water partition coefficient (Wildman–Crippen LogP) is 2.25. The maximum atomic E-state index is 10.4. The zero-order valence-corrected chi connectivity index (χ0v) is 6.53. The molecule has 56 valence electrons. The molecule has 11 heavy (non-hydrogen) atoms. The van der Waals surface area contributed by atoms with E-state index in [-0.39, 0.29) is 0 Å². The van der Waals surface area contributed by atoms with Crippen molar-refractivity contribution in [2.45, 2.75) is 4.90 Å². The first kappa shape index (κ1) is 6.54. The summed E-state index contributed by atoms with van der Waals surface area (Å²) in [5.74, 6) is 0. The minimum atomic E-state index is -0.981. The molecule has 2 rings (SSSR count). The van der Waals surface area contributed by atoms with E-state index in [4.69, 9.17) is 0 Å². The van der Waals surface area contributed by atoms with Crippen LogP contribution in [-0.2, 0) is 4.79 Å². The largest absolute Gasteiger partial charge is 0.291 e. The van der Waals surface area contributed by atoms with Gasteiger partial charge in [-0.25, -0.2) is 0 Å². The van der Waals surface area contributed by atoms with Crippen LogP contribution in [0.3, 0.4) is 0 Å². The Morgan fingerprint density at radius 3 is 3.00 bits per heavy atom. The van der Waals surface area contributed by atoms with Gasteiger partial charge in [0.2, 0.25) is 0 Å². The smallest absolute Gasteiger partial charge is 0.180 e. The van der Waals surface area contributed by atoms with Gasteiger partial charge in [-0.1, -0.05) is 12.1 Å². The second-order valence-corrected chi connectivity index (χ2v) is 3.69. The Labute approximate surface area is 66.6 Å². The molecule has 3 nitrogen and oxygen atoms in total. The van der Waals surface area contributed by atoms with Gasteiger partial charge >= 0.3 is 0 Å². The molecular formula is C7H6N2OS. The van der Waals surface area contributed by atoms with E-state index in [9.17, 15) is 4.79 Å². The highest BCUT2D eigenvalue weighted by Gasteiger charge is 2.14. The summed E-state index contributed by atoms with van der Waals surface area (Å²) in [7, 11) is 0. The van der Waals surface area contributed by atoms with Gasteiger partial charge in [0.25, 0.3) is 0 Å². The van der Waals surface area contributed by atoms with Gasteiger partial charge in [0.15, 0.2) is 5.62 Å². The summed E-state index contributed by atoms with van der Waals surface area (Å²) in [4.78, 5) is 11.4. The molecule has 1 heterocycles. The Kier molecular flexibility index (Phi) is 1.47. The van der Waals surface area contributed by atoms with Gasteiger partial charge in [-0.2, -0.15) is 0 Å². The standard InChI is InChI=1S/C7H6N2OS/c10-5-11-7-4-2-1-3-6(7)8-9-11/h1-5,11H. The van der Waals surface area contributed by atoms with Crippen LogP contribution in [0.2, 0.25) is 0 Å². The molecule has 0 radical (unpaired) electrons. The molecule has 0 N–H and O–H groups in total. The molecule has 0 bridgehead atoms. The summed E-state index contributed by atoms with van der Waals surface area (Å²) in [6.45, 7) is 0. The molecule has 1 aliphatic heterocycles. The molecule has 0 saturated carbocycles. The van der Waals surface area contributed by atoms with Crippen molar-refractivity contribution in [2.75, 3.05) is 0 Å². The number of hydrogen-bond acceptors (Lipinski definition) is 3. The molecule has 1 aromatic rings. The summed E-state index contributed by atoms with van der Waals surface area (Å²) in [6, 6.07) is 7.55. The Morgan fingerprint density at radius 1 is 1.36 bits per heavy atom. The minimum absolute atomic E-state index is 0.839. The van der Waals surface area contributed by atoms with Crippen LogP contribution in [0.15, 0.2) is 38.8 Å². The first-order valence-electron chi connectivity index (χ1n) is 3.17. The molecule has 0 aromatic heterocycles. The molecular weight excluding hydrogens is 160 g/mol. The average molecular weight is 166 g/mol. The molecule has 0 aliphatic carbocycles. The second kappa shape index (κ2) is 2.47. The normalized spacial score (nSPS) is 23.1. The molecule has 1 aromatic carbocycles. The highest BCUT2D eigenvalue weighted by atomic mass is 32.2. The third-order valence-electron chi connectivity index (χ3n) is 1.48. The van der Waals surface area contributed by atoms with Crippen LogP contribution < -0.4 is 0 Å². The van der Waals surface area contributed by atoms with E-state index < -0.39 is 11.1 Å². The van der Waals surface area contributed by atoms with Crippen molar-refractivity contribution >= 4 is 22.4 Å². The zero-order chi connectivity index (χ0) is 7.68. The predicted molar refractivity (Wildman–Crippen MR) is 45.0 cm³/mol. The quantitative estimate of drug-likeness (QED) is 0.504. The van der Waals surface area contributed by atoms with Gasteiger partial charge in [-0.3, -0.25) is 4.79 Å². The Hall–Kier alpha value is -1.16. The maximum Gasteiger partial charge on any atom is 0.180 e. The third kappa shape index (κ3) is 0.952. The van der Waals surface area contributed by atoms with Gasteiger partial charge in [0.1, 0.15) is 5.69 Å². The number of rotatable bonds is 1. The summed E-state index contributed by atoms with van der Waals surface area (Å²) >= 11 is -0.981. The highest BCUT2D eigenvalue weighted by Crippen LogP contribution is 2.47. The lowest BCUT2D eigenvalue weighted by Crippen LogP contribution is -1.74. The SMILES string of the molecule is O=C[SH]1N=Nc2ccccc21. The lowest BCUT2D eigenvalue weighted by molar-refractivity contribution is 0.569. The molecule has 1 unspecified atom stereocenters. The topological polar surface area (TPSA) is 41.8 Å². The van der Waals surface area contributed by atoms with Crippen molar-refractivity contribution in [3.05, 3.63) is 24.3 Å². The number of carbonyl (C=O) groups is 1. The molecule has 1 atom stereocenters. The van der Waals surface area contributed by atoms with Crippen LogP contribution in [0.1, 0.15) is 0 Å². The fourth-order valence-electron chi connectivity index (χ4n) is 0.965. The van der Waals surface area contributed by atoms with Crippen LogP contribution in [0.25, 0.3) is 0 Å². The van der Waals surface area contributed by atoms with E-state index in [1.165, 1.54) is 0 Å². The summed E-state index contributed by atoms with van der Waals surface area (Å²) in [5, 5.41) is 3.87. The number of fused-ring (bicyclic) bond motifs is 1. The fourth-order valence-corrected chi connectivity index (χ4v) is 2.00. The Morgan fingerprint density at radius 2 is 2.18 bits per heavy atom. The van der Waals surface area contributed by atoms with Gasteiger partial charge in [0, 0.05) is 4.90 Å². The van der Waals surface area contributed by atoms with Gasteiger partial charge in [0.05, 0.1) is 0 Å². The summed E-state index contributed by atoms with van der Waals surface area (Å²) in [5.41, 5.74) is 1.70. The van der Waals surface area contributed by atoms with Crippen molar-refractivity contribution < 1.29 is 4.79 Å². The maximum absolute atomic E-state index is 10.4. The van der Waals surface area contributed by atoms with Crippen molar-refractivity contribution in [3.8, 4) is 0 Å². The zero-order valence-electron chi connectivity index (χ0n) is 5.64. The molecule has 0 fully saturated rings. The van der Waals surface area contributed by atoms with Crippen molar-refractivity contribution in [1.29, 1.82) is 0 Å². The van der Waals surface area contributed by atoms with E-state index in [0.29, 0.717) is 0 Å². The summed E-state index contributed by atoms with van der Waals surface area (Å²) < 4.78 is 3.84. The Balaban J connectivity index is 2.53. The molecule has 0 amide bonds. The fraction of sp³-hybridized carbons (Fsp3) is 0. The van der Waals surface area contributed by atoms with Crippen LogP contribution in [0.4, 0.5) is 5.69 Å². The van der Waals surface area contributed by atoms with Gasteiger partial charge < -0.3 is 0 Å². The molecule has 0 spiro atoms. The summed E-state index contributed by atoms with van der Waals surface area (Å²) in [6.07, 6.45) is 0. The van der Waals surface area contributed by atoms with E-state index >= 15 is 0 Å². The van der Waals surface area contributed by atoms with Gasteiger partial charge in [-0.15, -0.1) is 9.63 Å². The highest BCUT2D eigenvalue weighted by molar-refractivity contribution is 8.27. The lowest BCUT2D eigenvalue weighted by Gasteiger charge is -2.00. The van der Waals surface area contributed by atoms with E-state index in [0.717, 1.165) is 16.2 Å². The Bertz CT molecular complexity index is 324. The van der Waals surface area contributed by atoms with E-state index in [1.807, 2.05) is 24.3 Å². The number of hydrogen-bond donors (Lipinski definition) is 1. The van der Waals surface area contributed by atoms with Crippen LogP contribution in [-0.4, -0.2) is 5.62 Å². The van der Waals surface area contributed by atoms with Crippen molar-refractivity contribution in [3.63, 3.8) is 0 Å². The monoisotopic (exact) mass is 166 g/mol. The lowest BCUT2D eigenvalue weighted by atomic mass is 10.3. The van der Waals surface area contributed by atoms with E-state index in [2.05, 4.69) is 9.63 Å². The van der Waals surface area contributed by atoms with Crippen molar-refractivity contribution in [2.24, 2.45) is 9.63 Å². The van der Waals surface area contributed by atoms with Crippen LogP contribution >= 0.6 is 11.1 Å². The molecule has 4 heteroatoms. The van der Waals surface area contributed by atoms with Crippen LogP contribution in [0.5, 0.6) is 0 Å². The van der Waals surface area contributed by atoms with Gasteiger partial charge in [-0.05, 0) is 23.2 Å². The average Bonchev–Trinajstić information content (AvgIpc) is 2.47. The number of thiol groups is 1. The molecule has 1 aliphatic rings. The minimum Gasteiger partial charge on any atom is -0.291 e. The van der Waals surface area contributed by atoms with Crippen LogP contribution in [0, 0.1) is 0 Å². The second-order valence-electron chi connectivity index (χ2n) is 2.13. The number of nitrogens with zero attached hydrogens (tertiary/aromatic N) is 2.